The van der Waals surface area contributed by atoms with Gasteiger partial charge in [0.1, 0.15) is 5.75 Å². The highest BCUT2D eigenvalue weighted by Gasteiger charge is 2.27. The summed E-state index contributed by atoms with van der Waals surface area (Å²) in [6, 6.07) is 12.7. The predicted molar refractivity (Wildman–Crippen MR) is 108 cm³/mol. The van der Waals surface area contributed by atoms with E-state index in [1.165, 1.54) is 0 Å². The Labute approximate surface area is 167 Å². The SMILES string of the molecule is COc1cccc(N=C(NC#N)N2CC(C)C(c3ccc(Cl)c(Cl)c3)=N2)c1. The van der Waals surface area contributed by atoms with Crippen LogP contribution in [0, 0.1) is 17.4 Å². The van der Waals surface area contributed by atoms with Gasteiger partial charge in [-0.05, 0) is 29.8 Å². The predicted octanol–water partition coefficient (Wildman–Crippen LogP) is 4.42. The van der Waals surface area contributed by atoms with Crippen LogP contribution in [0.4, 0.5) is 5.69 Å². The van der Waals surface area contributed by atoms with Crippen LogP contribution in [0.1, 0.15) is 12.5 Å². The van der Waals surface area contributed by atoms with E-state index in [0.717, 1.165) is 11.3 Å². The lowest BCUT2D eigenvalue weighted by Crippen LogP contribution is -2.35. The van der Waals surface area contributed by atoms with Crippen molar-refractivity contribution in [1.29, 1.82) is 5.26 Å². The zero-order chi connectivity index (χ0) is 19.4. The molecule has 6 nitrogen and oxygen atoms in total. The quantitative estimate of drug-likeness (QED) is 0.357. The van der Waals surface area contributed by atoms with Crippen LogP contribution < -0.4 is 10.1 Å². The van der Waals surface area contributed by atoms with Crippen molar-refractivity contribution in [3.05, 3.63) is 58.1 Å². The topological polar surface area (TPSA) is 73.0 Å². The number of guanidine groups is 1. The minimum absolute atomic E-state index is 0.123. The summed E-state index contributed by atoms with van der Waals surface area (Å²) in [5, 5.41) is 19.0. The van der Waals surface area contributed by atoms with E-state index in [0.29, 0.717) is 34.0 Å². The average Bonchev–Trinajstić information content (AvgIpc) is 3.05. The van der Waals surface area contributed by atoms with Crippen molar-refractivity contribution < 1.29 is 4.74 Å². The lowest BCUT2D eigenvalue weighted by molar-refractivity contribution is 0.415. The highest BCUT2D eigenvalue weighted by molar-refractivity contribution is 6.42. The molecule has 138 valence electrons. The molecule has 8 heteroatoms. The van der Waals surface area contributed by atoms with Crippen LogP contribution in [-0.4, -0.2) is 30.3 Å². The molecule has 1 N–H and O–H groups in total. The Morgan fingerprint density at radius 2 is 2.11 bits per heavy atom. The van der Waals surface area contributed by atoms with Gasteiger partial charge in [-0.25, -0.2) is 10.0 Å². The molecule has 27 heavy (non-hydrogen) atoms. The number of nitrogens with zero attached hydrogens (tertiary/aromatic N) is 4. The van der Waals surface area contributed by atoms with Crippen LogP contribution in [0.15, 0.2) is 52.6 Å². The molecule has 0 spiro atoms. The smallest absolute Gasteiger partial charge is 0.233 e. The molecule has 1 aliphatic rings. The Balaban J connectivity index is 1.94. The zero-order valence-corrected chi connectivity index (χ0v) is 16.3. The van der Waals surface area contributed by atoms with Crippen LogP contribution >= 0.6 is 23.2 Å². The Kier molecular flexibility index (Phi) is 5.84. The summed E-state index contributed by atoms with van der Waals surface area (Å²) < 4.78 is 5.22. The number of nitrogens with one attached hydrogen (secondary N) is 1. The molecule has 0 amide bonds. The van der Waals surface area contributed by atoms with Crippen molar-refractivity contribution >= 4 is 40.6 Å². The van der Waals surface area contributed by atoms with Gasteiger partial charge in [0.15, 0.2) is 6.19 Å². The second kappa shape index (κ2) is 8.30. The molecule has 0 saturated heterocycles. The second-order valence-electron chi connectivity index (χ2n) is 5.97. The molecule has 1 heterocycles. The van der Waals surface area contributed by atoms with E-state index in [-0.39, 0.29) is 5.92 Å². The summed E-state index contributed by atoms with van der Waals surface area (Å²) in [6.45, 7) is 2.63. The van der Waals surface area contributed by atoms with Gasteiger partial charge in [0.2, 0.25) is 5.96 Å². The summed E-state index contributed by atoms with van der Waals surface area (Å²) in [5.41, 5.74) is 2.39. The van der Waals surface area contributed by atoms with E-state index < -0.39 is 0 Å². The van der Waals surface area contributed by atoms with Gasteiger partial charge in [0.25, 0.3) is 0 Å². The molecule has 2 aromatic rings. The maximum Gasteiger partial charge on any atom is 0.233 e. The van der Waals surface area contributed by atoms with Gasteiger partial charge in [0.05, 0.1) is 35.1 Å². The zero-order valence-electron chi connectivity index (χ0n) is 14.8. The number of benzene rings is 2. The minimum Gasteiger partial charge on any atom is -0.497 e. The van der Waals surface area contributed by atoms with Crippen LogP contribution in [0.25, 0.3) is 0 Å². The number of rotatable bonds is 3. The number of aliphatic imine (C=N–C) groups is 1. The van der Waals surface area contributed by atoms with Crippen molar-refractivity contribution in [2.75, 3.05) is 13.7 Å². The number of nitriles is 1. The lowest BCUT2D eigenvalue weighted by atomic mass is 9.99. The fourth-order valence-electron chi connectivity index (χ4n) is 2.75. The molecular weight excluding hydrogens is 385 g/mol. The molecule has 3 rings (SSSR count). The molecule has 2 aromatic carbocycles. The van der Waals surface area contributed by atoms with Gasteiger partial charge in [-0.2, -0.15) is 10.4 Å². The first kappa shape index (κ1) is 19.0. The Hall–Kier alpha value is -2.75. The molecule has 1 unspecified atom stereocenters. The number of hydrogen-bond acceptors (Lipinski definition) is 4. The summed E-state index contributed by atoms with van der Waals surface area (Å²) in [4.78, 5) is 4.51. The summed E-state index contributed by atoms with van der Waals surface area (Å²) in [5.74, 6) is 1.15. The highest BCUT2D eigenvalue weighted by Crippen LogP contribution is 2.27. The summed E-state index contributed by atoms with van der Waals surface area (Å²) in [7, 11) is 1.59. The monoisotopic (exact) mass is 401 g/mol. The fourth-order valence-corrected chi connectivity index (χ4v) is 3.05. The molecule has 1 atom stereocenters. The van der Waals surface area contributed by atoms with E-state index in [2.05, 4.69) is 22.3 Å². The van der Waals surface area contributed by atoms with Gasteiger partial charge in [-0.3, -0.25) is 5.32 Å². The third-order valence-electron chi connectivity index (χ3n) is 4.06. The van der Waals surface area contributed by atoms with Crippen molar-refractivity contribution in [3.63, 3.8) is 0 Å². The molecule has 0 fully saturated rings. The van der Waals surface area contributed by atoms with E-state index >= 15 is 0 Å². The van der Waals surface area contributed by atoms with E-state index in [9.17, 15) is 0 Å². The minimum atomic E-state index is 0.123. The van der Waals surface area contributed by atoms with Crippen molar-refractivity contribution in [3.8, 4) is 11.9 Å². The number of hydrazone groups is 1. The third-order valence-corrected chi connectivity index (χ3v) is 4.80. The first-order valence-corrected chi connectivity index (χ1v) is 8.96. The number of methoxy groups -OCH3 is 1. The van der Waals surface area contributed by atoms with Crippen LogP contribution in [-0.2, 0) is 0 Å². The lowest BCUT2D eigenvalue weighted by Gasteiger charge is -2.15. The number of halogens is 2. The Morgan fingerprint density at radius 3 is 2.81 bits per heavy atom. The van der Waals surface area contributed by atoms with Crippen LogP contribution in [0.3, 0.4) is 0 Å². The summed E-state index contributed by atoms with van der Waals surface area (Å²) >= 11 is 12.1. The second-order valence-corrected chi connectivity index (χ2v) is 6.79. The molecular formula is C19H17Cl2N5O. The number of hydrogen-bond donors (Lipinski definition) is 1. The van der Waals surface area contributed by atoms with E-state index in [1.54, 1.807) is 30.3 Å². The van der Waals surface area contributed by atoms with Gasteiger partial charge in [-0.15, -0.1) is 0 Å². The maximum atomic E-state index is 9.12. The molecule has 0 saturated carbocycles. The van der Waals surface area contributed by atoms with Gasteiger partial charge in [-0.1, -0.05) is 42.3 Å². The van der Waals surface area contributed by atoms with Crippen molar-refractivity contribution in [2.45, 2.75) is 6.92 Å². The molecule has 0 radical (unpaired) electrons. The average molecular weight is 402 g/mol. The standard InChI is InChI=1S/C19H17Cl2N5O/c1-12-10-26(25-18(12)13-6-7-16(20)17(21)8-13)19(23-11-22)24-14-4-3-5-15(9-14)27-2/h3-9,12H,10H2,1-2H3,(H,23,24). The van der Waals surface area contributed by atoms with E-state index in [1.807, 2.05) is 30.5 Å². The highest BCUT2D eigenvalue weighted by atomic mass is 35.5. The maximum absolute atomic E-state index is 9.12. The van der Waals surface area contributed by atoms with Gasteiger partial charge in [0, 0.05) is 12.0 Å². The van der Waals surface area contributed by atoms with Crippen molar-refractivity contribution in [2.24, 2.45) is 16.0 Å². The first-order valence-electron chi connectivity index (χ1n) is 8.21. The Morgan fingerprint density at radius 1 is 1.30 bits per heavy atom. The van der Waals surface area contributed by atoms with E-state index in [4.69, 9.17) is 33.2 Å². The fraction of sp³-hybridized carbons (Fsp3) is 0.211. The Bertz CT molecular complexity index is 951. The normalized spacial score (nSPS) is 16.7. The van der Waals surface area contributed by atoms with Crippen molar-refractivity contribution in [1.82, 2.24) is 10.3 Å². The summed E-state index contributed by atoms with van der Waals surface area (Å²) in [6.07, 6.45) is 1.92. The molecule has 0 bridgehead atoms. The largest absolute Gasteiger partial charge is 0.497 e. The van der Waals surface area contributed by atoms with Crippen LogP contribution in [0.2, 0.25) is 10.0 Å². The molecule has 0 aliphatic carbocycles. The number of ether oxygens (including phenoxy) is 1. The molecule has 1 aliphatic heterocycles. The third kappa shape index (κ3) is 4.33. The molecule has 0 aromatic heterocycles. The van der Waals surface area contributed by atoms with Crippen LogP contribution in [0.5, 0.6) is 5.75 Å². The van der Waals surface area contributed by atoms with Gasteiger partial charge < -0.3 is 4.74 Å². The van der Waals surface area contributed by atoms with Gasteiger partial charge >= 0.3 is 0 Å². The first-order chi connectivity index (χ1) is 13.0.